The molecule has 0 aliphatic heterocycles. The molecular weight excluding hydrogens is 340 g/mol. The van der Waals surface area contributed by atoms with Crippen LogP contribution in [0.5, 0.6) is 0 Å². The van der Waals surface area contributed by atoms with Crippen molar-refractivity contribution in [1.29, 1.82) is 0 Å². The molecule has 0 saturated heterocycles. The average Bonchev–Trinajstić information content (AvgIpc) is 2.93. The van der Waals surface area contributed by atoms with E-state index in [1.165, 1.54) is 6.92 Å². The van der Waals surface area contributed by atoms with Crippen LogP contribution < -0.4 is 0 Å². The summed E-state index contributed by atoms with van der Waals surface area (Å²) in [6, 6.07) is 0. The van der Waals surface area contributed by atoms with Gasteiger partial charge in [-0.2, -0.15) is 0 Å². The first-order valence-corrected chi connectivity index (χ1v) is 10.6. The number of ketones is 2. The molecular formula is C23H32O4. The van der Waals surface area contributed by atoms with E-state index in [0.717, 1.165) is 44.1 Å². The van der Waals surface area contributed by atoms with E-state index in [1.54, 1.807) is 13.0 Å². The summed E-state index contributed by atoms with van der Waals surface area (Å²) in [7, 11) is 0. The highest BCUT2D eigenvalue weighted by Gasteiger charge is 2.61. The van der Waals surface area contributed by atoms with Crippen molar-refractivity contribution >= 4 is 17.5 Å². The van der Waals surface area contributed by atoms with Crippen LogP contribution in [0.15, 0.2) is 11.6 Å². The molecule has 4 aliphatic rings. The first-order valence-electron chi connectivity index (χ1n) is 10.6. The van der Waals surface area contributed by atoms with E-state index in [1.807, 2.05) is 0 Å². The fourth-order valence-electron chi connectivity index (χ4n) is 7.56. The van der Waals surface area contributed by atoms with Crippen LogP contribution in [0.4, 0.5) is 0 Å². The number of fused-ring (bicyclic) bond motifs is 5. The Labute approximate surface area is 162 Å². The molecule has 4 rings (SSSR count). The third kappa shape index (κ3) is 2.74. The van der Waals surface area contributed by atoms with Gasteiger partial charge in [0.05, 0.1) is 0 Å². The zero-order valence-electron chi connectivity index (χ0n) is 17.0. The molecule has 4 heteroatoms. The molecule has 3 saturated carbocycles. The standard InChI is InChI=1S/C23H32O4/c1-13(24)17-5-6-18-16-12-21(27-14(2)25)20-11-15(26)7-9-23(20,4)19(16)8-10-22(17,18)3/h11,16-19,21H,5-10,12H2,1-4H3/t16-,17+,18-,19-,21+,22-,23-/m1/s1. The van der Waals surface area contributed by atoms with Gasteiger partial charge < -0.3 is 4.74 Å². The fraction of sp³-hybridized carbons (Fsp3) is 0.783. The predicted molar refractivity (Wildman–Crippen MR) is 102 cm³/mol. The molecule has 27 heavy (non-hydrogen) atoms. The van der Waals surface area contributed by atoms with E-state index in [2.05, 4.69) is 13.8 Å². The second-order valence-corrected chi connectivity index (χ2v) is 9.98. The molecule has 0 spiro atoms. The number of carbonyl (C=O) groups is 3. The summed E-state index contributed by atoms with van der Waals surface area (Å²) in [4.78, 5) is 36.2. The molecule has 0 N–H and O–H groups in total. The minimum Gasteiger partial charge on any atom is -0.458 e. The molecule has 148 valence electrons. The molecule has 0 aromatic heterocycles. The summed E-state index contributed by atoms with van der Waals surface area (Å²) in [5.74, 6) is 1.90. The van der Waals surface area contributed by atoms with E-state index in [9.17, 15) is 14.4 Å². The monoisotopic (exact) mass is 372 g/mol. The van der Waals surface area contributed by atoms with Crippen LogP contribution in [0.1, 0.15) is 72.6 Å². The van der Waals surface area contributed by atoms with Crippen molar-refractivity contribution < 1.29 is 19.1 Å². The molecule has 4 nitrogen and oxygen atoms in total. The lowest BCUT2D eigenvalue weighted by atomic mass is 9.46. The van der Waals surface area contributed by atoms with Crippen molar-refractivity contribution in [3.63, 3.8) is 0 Å². The quantitative estimate of drug-likeness (QED) is 0.679. The molecule has 0 unspecified atom stereocenters. The summed E-state index contributed by atoms with van der Waals surface area (Å²) in [5, 5.41) is 0. The summed E-state index contributed by atoms with van der Waals surface area (Å²) >= 11 is 0. The van der Waals surface area contributed by atoms with E-state index >= 15 is 0 Å². The Morgan fingerprint density at radius 2 is 1.81 bits per heavy atom. The van der Waals surface area contributed by atoms with Gasteiger partial charge in [-0.3, -0.25) is 14.4 Å². The van der Waals surface area contributed by atoms with Gasteiger partial charge in [0.15, 0.2) is 5.78 Å². The topological polar surface area (TPSA) is 60.4 Å². The van der Waals surface area contributed by atoms with Crippen LogP contribution in [-0.2, 0) is 19.1 Å². The predicted octanol–water partition coefficient (Wildman–Crippen LogP) is 4.27. The van der Waals surface area contributed by atoms with E-state index in [0.29, 0.717) is 30.0 Å². The number of Topliss-reactive ketones (excluding diaryl/α,β-unsaturated/α-hetero) is 1. The highest BCUT2D eigenvalue weighted by molar-refractivity contribution is 5.92. The maximum atomic E-state index is 12.3. The summed E-state index contributed by atoms with van der Waals surface area (Å²) in [5.41, 5.74) is 1.07. The lowest BCUT2D eigenvalue weighted by molar-refractivity contribution is -0.153. The molecule has 3 fully saturated rings. The summed E-state index contributed by atoms with van der Waals surface area (Å²) < 4.78 is 5.75. The Balaban J connectivity index is 1.73. The smallest absolute Gasteiger partial charge is 0.303 e. The number of ether oxygens (including phenoxy) is 1. The third-order valence-corrected chi connectivity index (χ3v) is 8.75. The Morgan fingerprint density at radius 3 is 2.48 bits per heavy atom. The molecule has 0 aromatic rings. The number of carbonyl (C=O) groups excluding carboxylic acids is 3. The van der Waals surface area contributed by atoms with Gasteiger partial charge in [0.2, 0.25) is 0 Å². The van der Waals surface area contributed by atoms with Gasteiger partial charge >= 0.3 is 5.97 Å². The van der Waals surface area contributed by atoms with Crippen molar-refractivity contribution in [2.45, 2.75) is 78.7 Å². The van der Waals surface area contributed by atoms with Crippen molar-refractivity contribution in [3.8, 4) is 0 Å². The third-order valence-electron chi connectivity index (χ3n) is 8.75. The fourth-order valence-corrected chi connectivity index (χ4v) is 7.56. The van der Waals surface area contributed by atoms with Gasteiger partial charge in [0, 0.05) is 19.3 Å². The Hall–Kier alpha value is -1.45. The molecule has 7 atom stereocenters. The van der Waals surface area contributed by atoms with Crippen molar-refractivity contribution in [2.75, 3.05) is 0 Å². The average molecular weight is 373 g/mol. The normalized spacial score (nSPS) is 46.0. The molecule has 0 radical (unpaired) electrons. The van der Waals surface area contributed by atoms with Gasteiger partial charge in [-0.25, -0.2) is 0 Å². The maximum Gasteiger partial charge on any atom is 0.303 e. The largest absolute Gasteiger partial charge is 0.458 e. The minimum absolute atomic E-state index is 0.0629. The molecule has 0 aromatic carbocycles. The van der Waals surface area contributed by atoms with Crippen LogP contribution in [0.25, 0.3) is 0 Å². The second-order valence-electron chi connectivity index (χ2n) is 9.98. The zero-order valence-corrected chi connectivity index (χ0v) is 17.0. The summed E-state index contributed by atoms with van der Waals surface area (Å²) in [6.45, 7) is 7.83. The number of esters is 1. The number of rotatable bonds is 2. The minimum atomic E-state index is -0.281. The second kappa shape index (κ2) is 6.28. The molecule has 4 aliphatic carbocycles. The van der Waals surface area contributed by atoms with Gasteiger partial charge in [-0.1, -0.05) is 13.8 Å². The summed E-state index contributed by atoms with van der Waals surface area (Å²) in [6.07, 6.45) is 8.06. The van der Waals surface area contributed by atoms with Crippen LogP contribution in [0.3, 0.4) is 0 Å². The Morgan fingerprint density at radius 1 is 1.07 bits per heavy atom. The Kier molecular flexibility index (Phi) is 4.40. The van der Waals surface area contributed by atoms with Gasteiger partial charge in [-0.15, -0.1) is 0 Å². The van der Waals surface area contributed by atoms with Crippen LogP contribution >= 0.6 is 0 Å². The zero-order chi connectivity index (χ0) is 19.6. The lowest BCUT2D eigenvalue weighted by Gasteiger charge is -2.59. The number of hydrogen-bond donors (Lipinski definition) is 0. The maximum absolute atomic E-state index is 12.3. The van der Waals surface area contributed by atoms with Crippen LogP contribution in [-0.4, -0.2) is 23.6 Å². The molecule has 0 amide bonds. The molecule has 0 bridgehead atoms. The SMILES string of the molecule is CC(=O)O[C@H]1C[C@@H]2[C@H]3CC[C@@H](C(C)=O)[C@@]3(C)CC[C@H]2[C@@]2(C)CCC(=O)C=C12. The Bertz CT molecular complexity index is 722. The van der Waals surface area contributed by atoms with Gasteiger partial charge in [0.25, 0.3) is 0 Å². The van der Waals surface area contributed by atoms with Gasteiger partial charge in [-0.05, 0) is 85.7 Å². The number of hydrogen-bond acceptors (Lipinski definition) is 4. The van der Waals surface area contributed by atoms with Crippen LogP contribution in [0.2, 0.25) is 0 Å². The first kappa shape index (κ1) is 18.9. The first-order chi connectivity index (χ1) is 12.7. The molecule has 0 heterocycles. The lowest BCUT2D eigenvalue weighted by Crippen LogP contribution is -2.54. The van der Waals surface area contributed by atoms with Crippen molar-refractivity contribution in [1.82, 2.24) is 0 Å². The van der Waals surface area contributed by atoms with Crippen LogP contribution in [0, 0.1) is 34.5 Å². The van der Waals surface area contributed by atoms with E-state index in [-0.39, 0.29) is 34.6 Å². The van der Waals surface area contributed by atoms with Gasteiger partial charge in [0.1, 0.15) is 11.9 Å². The highest BCUT2D eigenvalue weighted by atomic mass is 16.5. The van der Waals surface area contributed by atoms with Crippen molar-refractivity contribution in [2.24, 2.45) is 34.5 Å². The van der Waals surface area contributed by atoms with E-state index in [4.69, 9.17) is 4.74 Å². The van der Waals surface area contributed by atoms with E-state index < -0.39 is 0 Å². The highest BCUT2D eigenvalue weighted by Crippen LogP contribution is 2.66. The van der Waals surface area contributed by atoms with Crippen molar-refractivity contribution in [3.05, 3.63) is 11.6 Å².